The van der Waals surface area contributed by atoms with E-state index >= 15 is 0 Å². The number of carbonyl (C=O) groups excluding carboxylic acids is 1. The maximum Gasteiger partial charge on any atom is 0.278 e. The molecule has 0 bridgehead atoms. The first-order valence-electron chi connectivity index (χ1n) is 11.8. The number of carbonyl (C=O) groups is 1. The number of aryl methyl sites for hydroxylation is 1. The minimum absolute atomic E-state index is 0.285. The molecule has 182 valence electrons. The Hall–Kier alpha value is -1.52. The van der Waals surface area contributed by atoms with Crippen LogP contribution in [0.25, 0.3) is 0 Å². The number of hydrogen-bond acceptors (Lipinski definition) is 8. The Balaban J connectivity index is 1.15. The van der Waals surface area contributed by atoms with E-state index in [0.717, 1.165) is 73.6 Å². The number of thiazole rings is 1. The summed E-state index contributed by atoms with van der Waals surface area (Å²) in [6.45, 7) is 4.87. The van der Waals surface area contributed by atoms with E-state index in [4.69, 9.17) is 4.74 Å². The van der Waals surface area contributed by atoms with Gasteiger partial charge in [-0.3, -0.25) is 9.69 Å². The molecule has 0 saturated heterocycles. The summed E-state index contributed by atoms with van der Waals surface area (Å²) in [6.07, 6.45) is 7.79. The number of nitrogens with zero attached hydrogens (tertiary/aromatic N) is 4. The van der Waals surface area contributed by atoms with Gasteiger partial charge in [0.25, 0.3) is 11.1 Å². The third-order valence-corrected chi connectivity index (χ3v) is 8.36. The molecule has 0 amide bonds. The van der Waals surface area contributed by atoms with Crippen molar-refractivity contribution in [2.24, 2.45) is 11.8 Å². The van der Waals surface area contributed by atoms with Crippen molar-refractivity contribution >= 4 is 28.7 Å². The van der Waals surface area contributed by atoms with E-state index in [1.165, 1.54) is 35.7 Å². The van der Waals surface area contributed by atoms with Crippen LogP contribution in [0, 0.1) is 18.8 Å². The molecule has 3 heterocycles. The number of ketones is 1. The molecule has 0 radical (unpaired) electrons. The minimum atomic E-state index is -2.84. The lowest BCUT2D eigenvalue weighted by molar-refractivity contribution is -0.119. The first-order valence-corrected chi connectivity index (χ1v) is 13.3. The van der Waals surface area contributed by atoms with Crippen molar-refractivity contribution < 1.29 is 18.3 Å². The van der Waals surface area contributed by atoms with Crippen molar-refractivity contribution in [1.29, 1.82) is 0 Å². The molecule has 6 nitrogen and oxygen atoms in total. The highest BCUT2D eigenvalue weighted by Crippen LogP contribution is 2.34. The van der Waals surface area contributed by atoms with Gasteiger partial charge in [-0.05, 0) is 62.5 Å². The fraction of sp³-hybridized carbons (Fsp3) is 0.739. The van der Waals surface area contributed by atoms with E-state index in [9.17, 15) is 13.6 Å². The lowest BCUT2D eigenvalue weighted by Gasteiger charge is -2.31. The standard InChI is InChI=1S/C23H32F2N4O2S2/c1-15-26-21(33-28-15)12-18(30)11-17-5-3-16(4-6-17)7-9-29-10-8-20-19(13-29)27-22(32-20)31-14-23(2,24)25/h16-17H,3-14H2,1-2H3. The molecular formula is C23H32F2N4O2S2. The number of fused-ring (bicyclic) bond motifs is 1. The topological polar surface area (TPSA) is 68.2 Å². The Labute approximate surface area is 201 Å². The van der Waals surface area contributed by atoms with Crippen LogP contribution in [0.2, 0.25) is 0 Å². The number of hydrogen-bond donors (Lipinski definition) is 0. The average Bonchev–Trinajstić information content (AvgIpc) is 3.36. The third kappa shape index (κ3) is 7.48. The van der Waals surface area contributed by atoms with Crippen LogP contribution >= 0.6 is 22.9 Å². The van der Waals surface area contributed by atoms with E-state index < -0.39 is 12.5 Å². The predicted molar refractivity (Wildman–Crippen MR) is 125 cm³/mol. The summed E-state index contributed by atoms with van der Waals surface area (Å²) in [7, 11) is 0. The van der Waals surface area contributed by atoms with Crippen LogP contribution in [-0.2, 0) is 24.2 Å². The maximum absolute atomic E-state index is 13.0. The molecule has 0 atom stereocenters. The van der Waals surface area contributed by atoms with Crippen LogP contribution < -0.4 is 4.74 Å². The SMILES string of the molecule is Cc1nsc(CC(=O)CC2CCC(CCN3CCc4sc(OCC(C)(F)F)nc4C3)CC2)n1. The van der Waals surface area contributed by atoms with Crippen LogP contribution in [0.3, 0.4) is 0 Å². The Kier molecular flexibility index (Phi) is 8.07. The van der Waals surface area contributed by atoms with Crippen LogP contribution in [-0.4, -0.2) is 50.6 Å². The number of rotatable bonds is 10. The van der Waals surface area contributed by atoms with Crippen molar-refractivity contribution in [1.82, 2.24) is 19.2 Å². The normalized spacial score (nSPS) is 21.7. The van der Waals surface area contributed by atoms with E-state index in [1.54, 1.807) is 0 Å². The van der Waals surface area contributed by atoms with Gasteiger partial charge in [-0.1, -0.05) is 24.2 Å². The van der Waals surface area contributed by atoms with Gasteiger partial charge in [0.05, 0.1) is 12.1 Å². The molecule has 1 fully saturated rings. The van der Waals surface area contributed by atoms with Crippen LogP contribution in [0.1, 0.15) is 66.9 Å². The second-order valence-electron chi connectivity index (χ2n) is 9.57. The van der Waals surface area contributed by atoms with Gasteiger partial charge in [0.1, 0.15) is 16.6 Å². The van der Waals surface area contributed by atoms with Gasteiger partial charge in [-0.2, -0.15) is 4.37 Å². The number of halogens is 2. The Morgan fingerprint density at radius 2 is 1.97 bits per heavy atom. The van der Waals surface area contributed by atoms with Gasteiger partial charge >= 0.3 is 0 Å². The highest BCUT2D eigenvalue weighted by atomic mass is 32.1. The molecule has 4 rings (SSSR count). The zero-order chi connectivity index (χ0) is 23.4. The highest BCUT2D eigenvalue weighted by molar-refractivity contribution is 7.13. The quantitative estimate of drug-likeness (QED) is 0.454. The van der Waals surface area contributed by atoms with Crippen molar-refractivity contribution in [3.05, 3.63) is 21.4 Å². The van der Waals surface area contributed by atoms with Crippen LogP contribution in [0.4, 0.5) is 8.78 Å². The number of ether oxygens (including phenoxy) is 1. The van der Waals surface area contributed by atoms with E-state index in [2.05, 4.69) is 19.2 Å². The second-order valence-corrected chi connectivity index (χ2v) is 11.4. The summed E-state index contributed by atoms with van der Waals surface area (Å²) >= 11 is 2.74. The van der Waals surface area contributed by atoms with Crippen molar-refractivity contribution in [3.8, 4) is 5.19 Å². The predicted octanol–water partition coefficient (Wildman–Crippen LogP) is 5.09. The molecular weight excluding hydrogens is 466 g/mol. The van der Waals surface area contributed by atoms with Gasteiger partial charge in [0.15, 0.2) is 6.61 Å². The lowest BCUT2D eigenvalue weighted by Crippen LogP contribution is -2.32. The molecule has 0 N–H and O–H groups in total. The summed E-state index contributed by atoms with van der Waals surface area (Å²) in [5.74, 6) is -0.595. The van der Waals surface area contributed by atoms with Gasteiger partial charge < -0.3 is 4.74 Å². The average molecular weight is 499 g/mol. The second kappa shape index (κ2) is 10.8. The number of alkyl halides is 2. The third-order valence-electron chi connectivity index (χ3n) is 6.49. The molecule has 1 aliphatic heterocycles. The van der Waals surface area contributed by atoms with E-state index in [1.807, 2.05) is 6.92 Å². The molecule has 0 aromatic carbocycles. The zero-order valence-corrected chi connectivity index (χ0v) is 21.0. The molecule has 0 spiro atoms. The summed E-state index contributed by atoms with van der Waals surface area (Å²) < 4.78 is 35.4. The van der Waals surface area contributed by atoms with Gasteiger partial charge in [0, 0.05) is 31.3 Å². The molecule has 2 aromatic heterocycles. The summed E-state index contributed by atoms with van der Waals surface area (Å²) in [5.41, 5.74) is 0.980. The van der Waals surface area contributed by atoms with Crippen molar-refractivity contribution in [3.63, 3.8) is 0 Å². The lowest BCUT2D eigenvalue weighted by atomic mass is 9.78. The van der Waals surface area contributed by atoms with E-state index in [0.29, 0.717) is 29.9 Å². The summed E-state index contributed by atoms with van der Waals surface area (Å²) in [5, 5.41) is 1.19. The molecule has 1 saturated carbocycles. The maximum atomic E-state index is 13.0. The molecule has 2 aliphatic rings. The van der Waals surface area contributed by atoms with E-state index in [-0.39, 0.29) is 5.78 Å². The van der Waals surface area contributed by atoms with Crippen molar-refractivity contribution in [2.75, 3.05) is 19.7 Å². The summed E-state index contributed by atoms with van der Waals surface area (Å²) in [4.78, 5) is 24.7. The minimum Gasteiger partial charge on any atom is -0.464 e. The monoisotopic (exact) mass is 498 g/mol. The smallest absolute Gasteiger partial charge is 0.278 e. The summed E-state index contributed by atoms with van der Waals surface area (Å²) in [6, 6.07) is 0. The Bertz CT molecular complexity index is 935. The molecule has 1 aliphatic carbocycles. The first-order chi connectivity index (χ1) is 15.7. The van der Waals surface area contributed by atoms with Crippen LogP contribution in [0.5, 0.6) is 5.19 Å². The number of aromatic nitrogens is 3. The molecule has 33 heavy (non-hydrogen) atoms. The zero-order valence-electron chi connectivity index (χ0n) is 19.3. The fourth-order valence-electron chi connectivity index (χ4n) is 4.73. The highest BCUT2D eigenvalue weighted by Gasteiger charge is 2.27. The Morgan fingerprint density at radius 1 is 1.21 bits per heavy atom. The molecule has 10 heteroatoms. The van der Waals surface area contributed by atoms with Gasteiger partial charge in [0.2, 0.25) is 0 Å². The fourth-order valence-corrected chi connectivity index (χ4v) is 6.32. The Morgan fingerprint density at radius 3 is 2.67 bits per heavy atom. The van der Waals surface area contributed by atoms with Gasteiger partial charge in [-0.25, -0.2) is 18.7 Å². The molecule has 0 unspecified atom stereocenters. The molecule has 2 aromatic rings. The van der Waals surface area contributed by atoms with Gasteiger partial charge in [-0.15, -0.1) is 0 Å². The largest absolute Gasteiger partial charge is 0.464 e. The first kappa shape index (κ1) is 24.6. The van der Waals surface area contributed by atoms with Crippen molar-refractivity contribution in [2.45, 2.75) is 77.7 Å². The number of Topliss-reactive ketones (excluding diaryl/α,β-unsaturated/α-hetero) is 1. The van der Waals surface area contributed by atoms with Crippen LogP contribution in [0.15, 0.2) is 0 Å².